The first-order valence-electron chi connectivity index (χ1n) is 5.83. The molecule has 3 rings (SSSR count). The van der Waals surface area contributed by atoms with Crippen LogP contribution in [0, 0.1) is 0 Å². The Labute approximate surface area is 115 Å². The van der Waals surface area contributed by atoms with E-state index in [1.54, 1.807) is 11.3 Å². The quantitative estimate of drug-likeness (QED) is 0.795. The molecule has 3 aromatic rings. The number of benzene rings is 1. The van der Waals surface area contributed by atoms with Crippen molar-refractivity contribution in [3.05, 3.63) is 36.0 Å². The van der Waals surface area contributed by atoms with Crippen molar-refractivity contribution in [3.8, 4) is 22.1 Å². The van der Waals surface area contributed by atoms with Gasteiger partial charge in [0.25, 0.3) is 0 Å². The van der Waals surface area contributed by atoms with E-state index in [0.29, 0.717) is 5.82 Å². The lowest BCUT2D eigenvalue weighted by atomic mass is 10.1. The summed E-state index contributed by atoms with van der Waals surface area (Å²) in [5, 5.41) is 9.54. The van der Waals surface area contributed by atoms with Gasteiger partial charge in [0.2, 0.25) is 0 Å². The van der Waals surface area contributed by atoms with Gasteiger partial charge in [-0.3, -0.25) is 5.10 Å². The minimum absolute atomic E-state index is 0.709. The predicted octanol–water partition coefficient (Wildman–Crippen LogP) is 2.66. The van der Waals surface area contributed by atoms with E-state index >= 15 is 0 Å². The summed E-state index contributed by atoms with van der Waals surface area (Å²) < 4.78 is 0. The molecule has 0 radical (unpaired) electrons. The maximum absolute atomic E-state index is 4.57. The van der Waals surface area contributed by atoms with Crippen molar-refractivity contribution in [1.29, 1.82) is 0 Å². The van der Waals surface area contributed by atoms with Gasteiger partial charge in [0.05, 0.1) is 5.69 Å². The SMILES string of the molecule is CN(C)c1ccc(-c2csc(-c3ncn[nH]3)n2)cc1. The molecule has 0 amide bonds. The van der Waals surface area contributed by atoms with Crippen LogP contribution in [-0.4, -0.2) is 34.3 Å². The topological polar surface area (TPSA) is 57.7 Å². The number of nitrogens with one attached hydrogen (secondary N) is 1. The Kier molecular flexibility index (Phi) is 3.00. The molecule has 0 saturated carbocycles. The summed E-state index contributed by atoms with van der Waals surface area (Å²) in [7, 11) is 4.06. The van der Waals surface area contributed by atoms with Crippen LogP contribution >= 0.6 is 11.3 Å². The molecule has 96 valence electrons. The molecule has 0 atom stereocenters. The van der Waals surface area contributed by atoms with Crippen molar-refractivity contribution in [1.82, 2.24) is 20.2 Å². The lowest BCUT2D eigenvalue weighted by Gasteiger charge is -2.12. The highest BCUT2D eigenvalue weighted by atomic mass is 32.1. The fourth-order valence-electron chi connectivity index (χ4n) is 1.75. The predicted molar refractivity (Wildman–Crippen MR) is 77.3 cm³/mol. The molecule has 19 heavy (non-hydrogen) atoms. The van der Waals surface area contributed by atoms with Crippen molar-refractivity contribution < 1.29 is 0 Å². The van der Waals surface area contributed by atoms with E-state index < -0.39 is 0 Å². The molecule has 6 heteroatoms. The zero-order valence-electron chi connectivity index (χ0n) is 10.7. The number of hydrogen-bond acceptors (Lipinski definition) is 5. The van der Waals surface area contributed by atoms with Crippen LogP contribution in [0.15, 0.2) is 36.0 Å². The zero-order chi connectivity index (χ0) is 13.2. The molecule has 1 N–H and O–H groups in total. The lowest BCUT2D eigenvalue weighted by Crippen LogP contribution is -2.07. The third-order valence-corrected chi connectivity index (χ3v) is 3.65. The molecule has 2 heterocycles. The average Bonchev–Trinajstić information content (AvgIpc) is 3.10. The highest BCUT2D eigenvalue weighted by molar-refractivity contribution is 7.13. The van der Waals surface area contributed by atoms with Gasteiger partial charge in [-0.25, -0.2) is 9.97 Å². The molecule has 0 saturated heterocycles. The van der Waals surface area contributed by atoms with Crippen LogP contribution in [0.1, 0.15) is 0 Å². The van der Waals surface area contributed by atoms with Crippen LogP contribution in [0.3, 0.4) is 0 Å². The van der Waals surface area contributed by atoms with Gasteiger partial charge in [-0.1, -0.05) is 12.1 Å². The van der Waals surface area contributed by atoms with Gasteiger partial charge in [-0.15, -0.1) is 11.3 Å². The Morgan fingerprint density at radius 2 is 1.95 bits per heavy atom. The molecular weight excluding hydrogens is 258 g/mol. The van der Waals surface area contributed by atoms with Crippen LogP contribution < -0.4 is 4.90 Å². The summed E-state index contributed by atoms with van der Waals surface area (Å²) in [6, 6.07) is 8.33. The van der Waals surface area contributed by atoms with Gasteiger partial charge in [0, 0.05) is 30.7 Å². The molecule has 0 spiro atoms. The standard InChI is InChI=1S/C13H13N5S/c1-18(2)10-5-3-9(4-6-10)11-7-19-13(16-11)12-14-8-15-17-12/h3-8H,1-2H3,(H,14,15,17). The van der Waals surface area contributed by atoms with Gasteiger partial charge in [0.15, 0.2) is 10.8 Å². The van der Waals surface area contributed by atoms with E-state index in [1.165, 1.54) is 12.0 Å². The lowest BCUT2D eigenvalue weighted by molar-refractivity contribution is 1.09. The number of anilines is 1. The van der Waals surface area contributed by atoms with E-state index in [-0.39, 0.29) is 0 Å². The number of aromatic nitrogens is 4. The van der Waals surface area contributed by atoms with E-state index in [4.69, 9.17) is 0 Å². The van der Waals surface area contributed by atoms with Crippen LogP contribution in [0.25, 0.3) is 22.1 Å². The Balaban J connectivity index is 1.90. The van der Waals surface area contributed by atoms with Gasteiger partial charge < -0.3 is 4.90 Å². The van der Waals surface area contributed by atoms with E-state index in [0.717, 1.165) is 16.3 Å². The Morgan fingerprint density at radius 1 is 1.16 bits per heavy atom. The molecular formula is C13H13N5S. The zero-order valence-corrected chi connectivity index (χ0v) is 11.5. The number of hydrogen-bond donors (Lipinski definition) is 1. The summed E-state index contributed by atoms with van der Waals surface area (Å²) in [4.78, 5) is 10.7. The third-order valence-electron chi connectivity index (χ3n) is 2.80. The van der Waals surface area contributed by atoms with Crippen molar-refractivity contribution in [2.75, 3.05) is 19.0 Å². The number of H-pyrrole nitrogens is 1. The minimum atomic E-state index is 0.709. The fourth-order valence-corrected chi connectivity index (χ4v) is 2.53. The van der Waals surface area contributed by atoms with Gasteiger partial charge in [0.1, 0.15) is 6.33 Å². The molecule has 1 aromatic carbocycles. The number of rotatable bonds is 3. The first kappa shape index (κ1) is 11.9. The normalized spacial score (nSPS) is 10.6. The Bertz CT molecular complexity index is 655. The molecule has 0 aliphatic rings. The summed E-state index contributed by atoms with van der Waals surface area (Å²) in [6.07, 6.45) is 1.49. The summed E-state index contributed by atoms with van der Waals surface area (Å²) in [6.45, 7) is 0. The van der Waals surface area contributed by atoms with Crippen molar-refractivity contribution in [3.63, 3.8) is 0 Å². The van der Waals surface area contributed by atoms with E-state index in [9.17, 15) is 0 Å². The molecule has 0 aliphatic carbocycles. The number of aromatic amines is 1. The maximum atomic E-state index is 4.57. The highest BCUT2D eigenvalue weighted by Gasteiger charge is 2.08. The fraction of sp³-hybridized carbons (Fsp3) is 0.154. The minimum Gasteiger partial charge on any atom is -0.378 e. The van der Waals surface area contributed by atoms with Crippen molar-refractivity contribution in [2.24, 2.45) is 0 Å². The molecule has 2 aromatic heterocycles. The first-order chi connectivity index (χ1) is 9.24. The highest BCUT2D eigenvalue weighted by Crippen LogP contribution is 2.27. The summed E-state index contributed by atoms with van der Waals surface area (Å²) in [5.41, 5.74) is 3.24. The molecule has 0 aliphatic heterocycles. The maximum Gasteiger partial charge on any atom is 0.184 e. The van der Waals surface area contributed by atoms with Gasteiger partial charge in [-0.2, -0.15) is 5.10 Å². The Hall–Kier alpha value is -2.21. The van der Waals surface area contributed by atoms with Crippen LogP contribution in [0.2, 0.25) is 0 Å². The Morgan fingerprint density at radius 3 is 2.58 bits per heavy atom. The third kappa shape index (κ3) is 2.34. The number of thiazole rings is 1. The van der Waals surface area contributed by atoms with E-state index in [1.807, 2.05) is 19.5 Å². The largest absolute Gasteiger partial charge is 0.378 e. The first-order valence-corrected chi connectivity index (χ1v) is 6.71. The molecule has 0 bridgehead atoms. The summed E-state index contributed by atoms with van der Waals surface area (Å²) >= 11 is 1.56. The van der Waals surface area contributed by atoms with Gasteiger partial charge >= 0.3 is 0 Å². The van der Waals surface area contributed by atoms with Gasteiger partial charge in [-0.05, 0) is 12.1 Å². The van der Waals surface area contributed by atoms with Crippen LogP contribution in [0.5, 0.6) is 0 Å². The summed E-state index contributed by atoms with van der Waals surface area (Å²) in [5.74, 6) is 0.709. The second kappa shape index (κ2) is 4.81. The molecule has 0 unspecified atom stereocenters. The number of nitrogens with zero attached hydrogens (tertiary/aromatic N) is 4. The molecule has 0 fully saturated rings. The van der Waals surface area contributed by atoms with E-state index in [2.05, 4.69) is 49.3 Å². The molecule has 5 nitrogen and oxygen atoms in total. The second-order valence-electron chi connectivity index (χ2n) is 4.31. The van der Waals surface area contributed by atoms with Crippen molar-refractivity contribution >= 4 is 17.0 Å². The van der Waals surface area contributed by atoms with Crippen LogP contribution in [-0.2, 0) is 0 Å². The smallest absolute Gasteiger partial charge is 0.184 e. The second-order valence-corrected chi connectivity index (χ2v) is 5.17. The monoisotopic (exact) mass is 271 g/mol. The van der Waals surface area contributed by atoms with Crippen molar-refractivity contribution in [2.45, 2.75) is 0 Å². The average molecular weight is 271 g/mol. The van der Waals surface area contributed by atoms with Crippen LogP contribution in [0.4, 0.5) is 5.69 Å².